The molecule has 3 amide bonds. The van der Waals surface area contributed by atoms with Crippen molar-refractivity contribution in [2.45, 2.75) is 18.3 Å². The van der Waals surface area contributed by atoms with Gasteiger partial charge in [-0.05, 0) is 30.5 Å². The number of hydrogen-bond donors (Lipinski definition) is 3. The highest BCUT2D eigenvalue weighted by atomic mass is 16.2. The van der Waals surface area contributed by atoms with Crippen LogP contribution >= 0.6 is 0 Å². The minimum atomic E-state index is -0.625. The molecule has 1 aliphatic carbocycles. The van der Waals surface area contributed by atoms with Gasteiger partial charge in [0, 0.05) is 5.56 Å². The first kappa shape index (κ1) is 13.1. The molecule has 5 N–H and O–H groups in total. The van der Waals surface area contributed by atoms with Crippen LogP contribution in [0, 0.1) is 0 Å². The van der Waals surface area contributed by atoms with Crippen LogP contribution in [0.2, 0.25) is 0 Å². The fourth-order valence-electron chi connectivity index (χ4n) is 2.03. The SMILES string of the molecule is NC(=O)CNC(=O)c1cccc(C2(C(N)=O)CC2)c1. The van der Waals surface area contributed by atoms with Crippen LogP contribution in [0.25, 0.3) is 0 Å². The van der Waals surface area contributed by atoms with Crippen molar-refractivity contribution >= 4 is 17.7 Å². The minimum absolute atomic E-state index is 0.218. The Hall–Kier alpha value is -2.37. The largest absolute Gasteiger partial charge is 0.369 e. The second kappa shape index (κ2) is 4.72. The summed E-state index contributed by atoms with van der Waals surface area (Å²) in [6.07, 6.45) is 1.41. The normalized spacial score (nSPS) is 15.6. The van der Waals surface area contributed by atoms with Crippen LogP contribution in [0.4, 0.5) is 0 Å². The Balaban J connectivity index is 2.18. The van der Waals surface area contributed by atoms with Gasteiger partial charge in [0.1, 0.15) is 0 Å². The van der Waals surface area contributed by atoms with E-state index >= 15 is 0 Å². The van der Waals surface area contributed by atoms with E-state index in [0.717, 1.165) is 5.56 Å². The maximum Gasteiger partial charge on any atom is 0.251 e. The van der Waals surface area contributed by atoms with Crippen molar-refractivity contribution in [3.8, 4) is 0 Å². The Morgan fingerprint density at radius 2 is 1.89 bits per heavy atom. The molecule has 1 aromatic rings. The van der Waals surface area contributed by atoms with Crippen molar-refractivity contribution in [1.82, 2.24) is 5.32 Å². The van der Waals surface area contributed by atoms with E-state index < -0.39 is 17.2 Å². The minimum Gasteiger partial charge on any atom is -0.369 e. The molecule has 0 aliphatic heterocycles. The van der Waals surface area contributed by atoms with Crippen LogP contribution in [0.3, 0.4) is 0 Å². The highest BCUT2D eigenvalue weighted by Gasteiger charge is 2.50. The van der Waals surface area contributed by atoms with Gasteiger partial charge in [-0.25, -0.2) is 0 Å². The Labute approximate surface area is 110 Å². The van der Waals surface area contributed by atoms with Gasteiger partial charge in [-0.15, -0.1) is 0 Å². The lowest BCUT2D eigenvalue weighted by atomic mass is 9.93. The number of benzene rings is 1. The summed E-state index contributed by atoms with van der Waals surface area (Å²) < 4.78 is 0. The zero-order chi connectivity index (χ0) is 14.0. The van der Waals surface area contributed by atoms with Crippen LogP contribution in [-0.2, 0) is 15.0 Å². The van der Waals surface area contributed by atoms with Gasteiger partial charge < -0.3 is 16.8 Å². The van der Waals surface area contributed by atoms with E-state index in [2.05, 4.69) is 5.32 Å². The van der Waals surface area contributed by atoms with E-state index in [0.29, 0.717) is 18.4 Å². The van der Waals surface area contributed by atoms with Crippen LogP contribution in [0.15, 0.2) is 24.3 Å². The van der Waals surface area contributed by atoms with E-state index in [4.69, 9.17) is 11.5 Å². The van der Waals surface area contributed by atoms with E-state index in [1.807, 2.05) is 0 Å². The molecule has 100 valence electrons. The Bertz CT molecular complexity index is 550. The molecule has 0 radical (unpaired) electrons. The van der Waals surface area contributed by atoms with Crippen molar-refractivity contribution < 1.29 is 14.4 Å². The highest BCUT2D eigenvalue weighted by Crippen LogP contribution is 2.47. The molecule has 1 aliphatic rings. The first-order chi connectivity index (χ1) is 8.95. The van der Waals surface area contributed by atoms with E-state index in [1.165, 1.54) is 0 Å². The molecule has 2 rings (SSSR count). The number of primary amides is 2. The van der Waals surface area contributed by atoms with Crippen LogP contribution in [0.1, 0.15) is 28.8 Å². The quantitative estimate of drug-likeness (QED) is 0.658. The van der Waals surface area contributed by atoms with Crippen molar-refractivity contribution in [2.75, 3.05) is 6.54 Å². The number of rotatable bonds is 5. The molecule has 6 heteroatoms. The molecule has 1 aromatic carbocycles. The molecule has 0 saturated heterocycles. The monoisotopic (exact) mass is 261 g/mol. The van der Waals surface area contributed by atoms with Gasteiger partial charge in [0.15, 0.2) is 0 Å². The third kappa shape index (κ3) is 2.57. The summed E-state index contributed by atoms with van der Waals surface area (Å²) in [6, 6.07) is 6.71. The lowest BCUT2D eigenvalue weighted by Gasteiger charge is -2.12. The topological polar surface area (TPSA) is 115 Å². The van der Waals surface area contributed by atoms with Crippen molar-refractivity contribution in [2.24, 2.45) is 11.5 Å². The Morgan fingerprint density at radius 3 is 2.42 bits per heavy atom. The van der Waals surface area contributed by atoms with Gasteiger partial charge >= 0.3 is 0 Å². The maximum atomic E-state index is 11.8. The number of nitrogens with two attached hydrogens (primary N) is 2. The van der Waals surface area contributed by atoms with Gasteiger partial charge in [-0.3, -0.25) is 14.4 Å². The Kier molecular flexibility index (Phi) is 3.25. The fourth-order valence-corrected chi connectivity index (χ4v) is 2.03. The van der Waals surface area contributed by atoms with Crippen LogP contribution < -0.4 is 16.8 Å². The van der Waals surface area contributed by atoms with Crippen LogP contribution in [0.5, 0.6) is 0 Å². The molecule has 0 bridgehead atoms. The second-order valence-corrected chi connectivity index (χ2v) is 4.68. The third-order valence-electron chi connectivity index (χ3n) is 3.32. The summed E-state index contributed by atoms with van der Waals surface area (Å²) in [5.74, 6) is -1.39. The van der Waals surface area contributed by atoms with Crippen molar-refractivity contribution in [3.05, 3.63) is 35.4 Å². The van der Waals surface area contributed by atoms with Gasteiger partial charge in [0.05, 0.1) is 12.0 Å². The Morgan fingerprint density at radius 1 is 1.21 bits per heavy atom. The summed E-state index contributed by atoms with van der Waals surface area (Å²) in [5, 5.41) is 2.40. The second-order valence-electron chi connectivity index (χ2n) is 4.68. The predicted octanol–water partition coefficient (Wildman–Crippen LogP) is -0.581. The van der Waals surface area contributed by atoms with E-state index in [9.17, 15) is 14.4 Å². The molecule has 19 heavy (non-hydrogen) atoms. The number of amides is 3. The smallest absolute Gasteiger partial charge is 0.251 e. The molecule has 0 aromatic heterocycles. The molecule has 6 nitrogen and oxygen atoms in total. The van der Waals surface area contributed by atoms with Crippen molar-refractivity contribution in [1.29, 1.82) is 0 Å². The standard InChI is InChI=1S/C13H15N3O3/c14-10(17)7-16-11(18)8-2-1-3-9(6-8)13(4-5-13)12(15)19/h1-3,6H,4-5,7H2,(H2,14,17)(H2,15,19)(H,16,18). The number of hydrogen-bond acceptors (Lipinski definition) is 3. The average molecular weight is 261 g/mol. The lowest BCUT2D eigenvalue weighted by molar-refractivity contribution is -0.120. The number of carbonyl (C=O) groups is 3. The summed E-state index contributed by atoms with van der Waals surface area (Å²) >= 11 is 0. The third-order valence-corrected chi connectivity index (χ3v) is 3.32. The summed E-state index contributed by atoms with van der Waals surface area (Å²) in [6.45, 7) is -0.218. The summed E-state index contributed by atoms with van der Waals surface area (Å²) in [5.41, 5.74) is 10.8. The van der Waals surface area contributed by atoms with Crippen LogP contribution in [-0.4, -0.2) is 24.3 Å². The molecule has 1 fully saturated rings. The maximum absolute atomic E-state index is 11.8. The molecule has 0 atom stereocenters. The molecular weight excluding hydrogens is 246 g/mol. The summed E-state index contributed by atoms with van der Waals surface area (Å²) in [4.78, 5) is 33.8. The molecule has 0 spiro atoms. The summed E-state index contributed by atoms with van der Waals surface area (Å²) in [7, 11) is 0. The van der Waals surface area contributed by atoms with E-state index in [-0.39, 0.29) is 12.5 Å². The van der Waals surface area contributed by atoms with Gasteiger partial charge in [-0.1, -0.05) is 12.1 Å². The average Bonchev–Trinajstić information content (AvgIpc) is 3.17. The van der Waals surface area contributed by atoms with E-state index in [1.54, 1.807) is 24.3 Å². The van der Waals surface area contributed by atoms with Crippen molar-refractivity contribution in [3.63, 3.8) is 0 Å². The first-order valence-corrected chi connectivity index (χ1v) is 5.93. The molecule has 1 saturated carbocycles. The molecule has 0 unspecified atom stereocenters. The molecular formula is C13H15N3O3. The number of nitrogens with one attached hydrogen (secondary N) is 1. The number of carbonyl (C=O) groups excluding carboxylic acids is 3. The van der Waals surface area contributed by atoms with Gasteiger partial charge in [0.2, 0.25) is 11.8 Å². The zero-order valence-corrected chi connectivity index (χ0v) is 10.3. The van der Waals surface area contributed by atoms with Gasteiger partial charge in [0.25, 0.3) is 5.91 Å². The first-order valence-electron chi connectivity index (χ1n) is 5.93. The lowest BCUT2D eigenvalue weighted by Crippen LogP contribution is -2.33. The van der Waals surface area contributed by atoms with Gasteiger partial charge in [-0.2, -0.15) is 0 Å². The molecule has 0 heterocycles. The fraction of sp³-hybridized carbons (Fsp3) is 0.308. The zero-order valence-electron chi connectivity index (χ0n) is 10.3. The predicted molar refractivity (Wildman–Crippen MR) is 68.1 cm³/mol. The highest BCUT2D eigenvalue weighted by molar-refractivity contribution is 5.97.